The number of hydrogen-bond donors (Lipinski definition) is 1. The van der Waals surface area contributed by atoms with Gasteiger partial charge in [0.25, 0.3) is 0 Å². The van der Waals surface area contributed by atoms with Crippen LogP contribution >= 0.6 is 11.3 Å². The maximum atomic E-state index is 11.1. The van der Waals surface area contributed by atoms with Crippen LogP contribution in [0.15, 0.2) is 10.9 Å². The van der Waals surface area contributed by atoms with Gasteiger partial charge in [0.15, 0.2) is 0 Å². The summed E-state index contributed by atoms with van der Waals surface area (Å²) in [6.07, 6.45) is 1.46. The van der Waals surface area contributed by atoms with Crippen molar-refractivity contribution in [3.8, 4) is 0 Å². The molecule has 5 heteroatoms. The summed E-state index contributed by atoms with van der Waals surface area (Å²) in [6, 6.07) is 0. The van der Waals surface area contributed by atoms with E-state index in [9.17, 15) is 4.79 Å². The number of carboxylic acids is 1. The normalized spacial score (nSPS) is 20.8. The molecule has 16 heavy (non-hydrogen) atoms. The highest BCUT2D eigenvalue weighted by Crippen LogP contribution is 2.31. The predicted molar refractivity (Wildman–Crippen MR) is 62.4 cm³/mol. The van der Waals surface area contributed by atoms with Crippen molar-refractivity contribution in [1.29, 1.82) is 0 Å². The van der Waals surface area contributed by atoms with Crippen LogP contribution in [-0.4, -0.2) is 34.0 Å². The highest BCUT2D eigenvalue weighted by Gasteiger charge is 2.36. The number of thiazole rings is 1. The first-order valence-electron chi connectivity index (χ1n) is 5.43. The molecule has 0 radical (unpaired) electrons. The largest absolute Gasteiger partial charge is 0.481 e. The zero-order valence-electron chi connectivity index (χ0n) is 9.35. The number of hydrogen-bond acceptors (Lipinski definition) is 4. The van der Waals surface area contributed by atoms with Gasteiger partial charge < -0.3 is 5.11 Å². The van der Waals surface area contributed by atoms with Crippen molar-refractivity contribution in [2.45, 2.75) is 26.3 Å². The molecule has 0 saturated carbocycles. The minimum atomic E-state index is -0.666. The summed E-state index contributed by atoms with van der Waals surface area (Å²) in [7, 11) is 0. The molecule has 0 unspecified atom stereocenters. The zero-order chi connectivity index (χ0) is 11.6. The molecular weight excluding hydrogens is 224 g/mol. The first-order chi connectivity index (χ1) is 7.60. The Morgan fingerprint density at radius 2 is 2.31 bits per heavy atom. The van der Waals surface area contributed by atoms with Crippen molar-refractivity contribution < 1.29 is 9.90 Å². The molecule has 0 aromatic carbocycles. The fraction of sp³-hybridized carbons (Fsp3) is 0.636. The summed E-state index contributed by atoms with van der Waals surface area (Å²) in [5.41, 5.74) is 2.39. The van der Waals surface area contributed by atoms with Crippen molar-refractivity contribution in [2.75, 3.05) is 13.1 Å². The molecule has 1 aromatic heterocycles. The van der Waals surface area contributed by atoms with Crippen LogP contribution in [-0.2, 0) is 11.3 Å². The molecule has 0 bridgehead atoms. The standard InChI is InChI=1S/C11H16N2O2S/c1-11(10(14)15)2-4-13(5-3-11)6-9-7-16-8-12-9/h7-8H,2-6H2,1H3,(H,14,15). The average molecular weight is 240 g/mol. The van der Waals surface area contributed by atoms with Crippen molar-refractivity contribution in [2.24, 2.45) is 5.41 Å². The smallest absolute Gasteiger partial charge is 0.309 e. The van der Waals surface area contributed by atoms with Crippen LogP contribution in [0.3, 0.4) is 0 Å². The van der Waals surface area contributed by atoms with Crippen LogP contribution in [0.25, 0.3) is 0 Å². The van der Waals surface area contributed by atoms with E-state index in [1.807, 2.05) is 17.8 Å². The van der Waals surface area contributed by atoms with Crippen LogP contribution in [0.4, 0.5) is 0 Å². The summed E-state index contributed by atoms with van der Waals surface area (Å²) in [4.78, 5) is 17.6. The number of carbonyl (C=O) groups is 1. The Labute approximate surface area is 98.9 Å². The molecule has 0 amide bonds. The SMILES string of the molecule is CC1(C(=O)O)CCN(Cc2cscn2)CC1. The van der Waals surface area contributed by atoms with Crippen LogP contribution in [0, 0.1) is 5.41 Å². The number of rotatable bonds is 3. The van der Waals surface area contributed by atoms with Crippen molar-refractivity contribution >= 4 is 17.3 Å². The molecule has 1 aromatic rings. The Balaban J connectivity index is 1.88. The summed E-state index contributed by atoms with van der Waals surface area (Å²) in [5.74, 6) is -0.666. The Kier molecular flexibility index (Phi) is 3.25. The monoisotopic (exact) mass is 240 g/mol. The molecule has 88 valence electrons. The van der Waals surface area contributed by atoms with Crippen LogP contribution in [0.2, 0.25) is 0 Å². The molecule has 2 rings (SSSR count). The lowest BCUT2D eigenvalue weighted by Gasteiger charge is -2.36. The van der Waals surface area contributed by atoms with Gasteiger partial charge in [0.05, 0.1) is 16.6 Å². The van der Waals surface area contributed by atoms with Gasteiger partial charge in [0.1, 0.15) is 0 Å². The molecule has 1 aliphatic rings. The highest BCUT2D eigenvalue weighted by molar-refractivity contribution is 7.07. The molecule has 0 spiro atoms. The van der Waals surface area contributed by atoms with Gasteiger partial charge in [-0.25, -0.2) is 4.98 Å². The van der Waals surface area contributed by atoms with E-state index in [1.165, 1.54) is 0 Å². The number of piperidine rings is 1. The maximum Gasteiger partial charge on any atom is 0.309 e. The molecule has 1 aliphatic heterocycles. The lowest BCUT2D eigenvalue weighted by atomic mass is 9.80. The second kappa shape index (κ2) is 4.51. The van der Waals surface area contributed by atoms with Gasteiger partial charge in [-0.15, -0.1) is 11.3 Å². The van der Waals surface area contributed by atoms with E-state index < -0.39 is 11.4 Å². The van der Waals surface area contributed by atoms with Gasteiger partial charge in [0, 0.05) is 11.9 Å². The molecule has 4 nitrogen and oxygen atoms in total. The lowest BCUT2D eigenvalue weighted by Crippen LogP contribution is -2.42. The molecule has 1 fully saturated rings. The summed E-state index contributed by atoms with van der Waals surface area (Å²) < 4.78 is 0. The first kappa shape index (κ1) is 11.5. The van der Waals surface area contributed by atoms with Crippen molar-refractivity contribution in [3.63, 3.8) is 0 Å². The second-order valence-electron chi connectivity index (χ2n) is 4.62. The number of nitrogens with zero attached hydrogens (tertiary/aromatic N) is 2. The molecular formula is C11H16N2O2S. The van der Waals surface area contributed by atoms with E-state index in [0.29, 0.717) is 0 Å². The molecule has 0 atom stereocenters. The fourth-order valence-corrected chi connectivity index (χ4v) is 2.51. The number of aliphatic carboxylic acids is 1. The molecule has 0 aliphatic carbocycles. The summed E-state index contributed by atoms with van der Waals surface area (Å²) in [6.45, 7) is 4.38. The number of carboxylic acid groups (broad SMARTS) is 1. The van der Waals surface area contributed by atoms with Crippen LogP contribution in [0.5, 0.6) is 0 Å². The van der Waals surface area contributed by atoms with Gasteiger partial charge in [0.2, 0.25) is 0 Å². The number of likely N-dealkylation sites (tertiary alicyclic amines) is 1. The minimum Gasteiger partial charge on any atom is -0.481 e. The Morgan fingerprint density at radius 3 is 2.81 bits per heavy atom. The van der Waals surface area contributed by atoms with Gasteiger partial charge in [-0.05, 0) is 32.9 Å². The van der Waals surface area contributed by atoms with Gasteiger partial charge in [-0.2, -0.15) is 0 Å². The Bertz CT molecular complexity index is 356. The lowest BCUT2D eigenvalue weighted by molar-refractivity contribution is -0.150. The van der Waals surface area contributed by atoms with Crippen LogP contribution < -0.4 is 0 Å². The highest BCUT2D eigenvalue weighted by atomic mass is 32.1. The van der Waals surface area contributed by atoms with E-state index in [0.717, 1.165) is 38.2 Å². The van der Waals surface area contributed by atoms with Crippen molar-refractivity contribution in [1.82, 2.24) is 9.88 Å². The third kappa shape index (κ3) is 2.41. The van der Waals surface area contributed by atoms with E-state index in [1.54, 1.807) is 11.3 Å². The molecule has 2 heterocycles. The number of aromatic nitrogens is 1. The van der Waals surface area contributed by atoms with Crippen LogP contribution in [0.1, 0.15) is 25.5 Å². The predicted octanol–water partition coefficient (Wildman–Crippen LogP) is 1.83. The summed E-state index contributed by atoms with van der Waals surface area (Å²) >= 11 is 1.60. The van der Waals surface area contributed by atoms with E-state index in [2.05, 4.69) is 9.88 Å². The minimum absolute atomic E-state index is 0.529. The second-order valence-corrected chi connectivity index (χ2v) is 5.34. The summed E-state index contributed by atoms with van der Waals surface area (Å²) in [5, 5.41) is 11.2. The molecule has 1 saturated heterocycles. The average Bonchev–Trinajstić information content (AvgIpc) is 2.74. The third-order valence-corrected chi connectivity index (χ3v) is 3.98. The Hall–Kier alpha value is -0.940. The third-order valence-electron chi connectivity index (χ3n) is 3.35. The van der Waals surface area contributed by atoms with Crippen molar-refractivity contribution in [3.05, 3.63) is 16.6 Å². The Morgan fingerprint density at radius 1 is 1.62 bits per heavy atom. The molecule has 1 N–H and O–H groups in total. The van der Waals surface area contributed by atoms with Gasteiger partial charge in [-0.1, -0.05) is 0 Å². The quantitative estimate of drug-likeness (QED) is 0.875. The van der Waals surface area contributed by atoms with E-state index in [-0.39, 0.29) is 0 Å². The van der Waals surface area contributed by atoms with Gasteiger partial charge in [-0.3, -0.25) is 9.69 Å². The van der Waals surface area contributed by atoms with E-state index >= 15 is 0 Å². The zero-order valence-corrected chi connectivity index (χ0v) is 10.2. The topological polar surface area (TPSA) is 53.4 Å². The fourth-order valence-electron chi connectivity index (χ4n) is 1.96. The first-order valence-corrected chi connectivity index (χ1v) is 6.37. The van der Waals surface area contributed by atoms with Gasteiger partial charge >= 0.3 is 5.97 Å². The van der Waals surface area contributed by atoms with E-state index in [4.69, 9.17) is 5.11 Å². The maximum absolute atomic E-state index is 11.1.